The molecule has 0 spiro atoms. The Kier molecular flexibility index (Phi) is 9.59. The maximum Gasteiger partial charge on any atom is 0.320 e. The van der Waals surface area contributed by atoms with E-state index in [-0.39, 0.29) is 42.7 Å². The number of methoxy groups -OCH3 is 1. The van der Waals surface area contributed by atoms with Crippen LogP contribution in [0.4, 0.5) is 0 Å². The van der Waals surface area contributed by atoms with Crippen molar-refractivity contribution < 1.29 is 23.9 Å². The van der Waals surface area contributed by atoms with Crippen LogP contribution in [0.2, 0.25) is 10.0 Å². The molecule has 1 fully saturated rings. The molecule has 2 aliphatic rings. The molecule has 1 N–H and O–H groups in total. The molecule has 210 valence electrons. The smallest absolute Gasteiger partial charge is 0.320 e. The highest BCUT2D eigenvalue weighted by Crippen LogP contribution is 2.52. The summed E-state index contributed by atoms with van der Waals surface area (Å²) in [4.78, 5) is 42.1. The number of nitrogens with zero attached hydrogens (tertiary/aromatic N) is 1. The number of carbonyl (C=O) groups is 3. The van der Waals surface area contributed by atoms with Gasteiger partial charge in [-0.05, 0) is 54.9 Å². The predicted octanol–water partition coefficient (Wildman–Crippen LogP) is 5.77. The molecule has 0 unspecified atom stereocenters. The largest absolute Gasteiger partial charge is 0.468 e. The number of benzene rings is 1. The molecule has 9 heteroatoms. The summed E-state index contributed by atoms with van der Waals surface area (Å²) in [6, 6.07) is 5.10. The number of hydrogen-bond donors (Lipinski definition) is 1. The molecular formula is C29H40Cl2N2O5. The summed E-state index contributed by atoms with van der Waals surface area (Å²) in [5.74, 6) is -1.25. The van der Waals surface area contributed by atoms with E-state index in [1.54, 1.807) is 23.1 Å². The quantitative estimate of drug-likeness (QED) is 0.403. The minimum absolute atomic E-state index is 0.0385. The second-order valence-electron chi connectivity index (χ2n) is 11.9. The van der Waals surface area contributed by atoms with E-state index in [4.69, 9.17) is 32.7 Å². The van der Waals surface area contributed by atoms with E-state index < -0.39 is 23.4 Å². The van der Waals surface area contributed by atoms with Gasteiger partial charge in [0.05, 0.1) is 25.9 Å². The lowest BCUT2D eigenvalue weighted by Gasteiger charge is -2.53. The monoisotopic (exact) mass is 566 g/mol. The Hall–Kier alpha value is -2.09. The summed E-state index contributed by atoms with van der Waals surface area (Å²) in [6.07, 6.45) is 1.84. The fourth-order valence-electron chi connectivity index (χ4n) is 5.22. The molecule has 2 heterocycles. The lowest BCUT2D eigenvalue weighted by Crippen LogP contribution is -2.61. The van der Waals surface area contributed by atoms with E-state index in [1.807, 2.05) is 33.8 Å². The first-order chi connectivity index (χ1) is 17.7. The lowest BCUT2D eigenvalue weighted by atomic mass is 9.65. The van der Waals surface area contributed by atoms with Crippen LogP contribution in [0.25, 0.3) is 0 Å². The number of halogens is 2. The lowest BCUT2D eigenvalue weighted by molar-refractivity contribution is -0.180. The average Bonchev–Trinajstić information content (AvgIpc) is 2.82. The van der Waals surface area contributed by atoms with E-state index in [9.17, 15) is 14.4 Å². The SMILES string of the molecule is COC(=O)[C@]12C[C@H](CC(=O)NCCC(C)C)C(=O)N(Cc3ccc(Cl)cc3Cl)C1=C[C@H](C(C)(C)C)O[C@@H]2C. The van der Waals surface area contributed by atoms with Crippen molar-refractivity contribution in [2.75, 3.05) is 13.7 Å². The third kappa shape index (κ3) is 6.37. The van der Waals surface area contributed by atoms with Crippen molar-refractivity contribution >= 4 is 41.0 Å². The highest BCUT2D eigenvalue weighted by Gasteiger charge is 2.60. The number of amides is 2. The van der Waals surface area contributed by atoms with Gasteiger partial charge in [-0.2, -0.15) is 0 Å². The Morgan fingerprint density at radius 3 is 2.53 bits per heavy atom. The number of hydrogen-bond acceptors (Lipinski definition) is 5. The van der Waals surface area contributed by atoms with Crippen molar-refractivity contribution in [3.05, 3.63) is 45.6 Å². The molecule has 7 nitrogen and oxygen atoms in total. The first-order valence-corrected chi connectivity index (χ1v) is 13.9. The van der Waals surface area contributed by atoms with Crippen LogP contribution in [0.15, 0.2) is 30.0 Å². The maximum absolute atomic E-state index is 14.0. The predicted molar refractivity (Wildman–Crippen MR) is 149 cm³/mol. The van der Waals surface area contributed by atoms with Crippen molar-refractivity contribution in [2.45, 2.75) is 79.6 Å². The van der Waals surface area contributed by atoms with Crippen LogP contribution >= 0.6 is 23.2 Å². The van der Waals surface area contributed by atoms with Crippen molar-refractivity contribution in [3.63, 3.8) is 0 Å². The van der Waals surface area contributed by atoms with Gasteiger partial charge in [-0.25, -0.2) is 0 Å². The van der Waals surface area contributed by atoms with Crippen molar-refractivity contribution in [3.8, 4) is 0 Å². The molecule has 3 rings (SSSR count). The highest BCUT2D eigenvalue weighted by atomic mass is 35.5. The van der Waals surface area contributed by atoms with Gasteiger partial charge in [0.25, 0.3) is 0 Å². The fourth-order valence-corrected chi connectivity index (χ4v) is 5.69. The Labute approximate surface area is 236 Å². The average molecular weight is 568 g/mol. The number of esters is 1. The van der Waals surface area contributed by atoms with Gasteiger partial charge in [0.2, 0.25) is 11.8 Å². The molecule has 2 aliphatic heterocycles. The zero-order valence-electron chi connectivity index (χ0n) is 23.4. The molecule has 0 bridgehead atoms. The van der Waals surface area contributed by atoms with E-state index in [0.29, 0.717) is 33.8 Å². The van der Waals surface area contributed by atoms with E-state index in [0.717, 1.165) is 6.42 Å². The van der Waals surface area contributed by atoms with E-state index in [1.165, 1.54) is 7.11 Å². The summed E-state index contributed by atoms with van der Waals surface area (Å²) < 4.78 is 11.7. The molecule has 0 aliphatic carbocycles. The number of rotatable bonds is 8. The maximum atomic E-state index is 14.0. The standard InChI is InChI=1S/C29H40Cl2N2O5/c1-17(2)10-11-32-25(34)12-20-15-29(27(36)37-7)18(3)38-24(28(4,5)6)14-23(29)33(26(20)35)16-19-8-9-21(30)13-22(19)31/h8-9,13-14,17-18,20,24H,10-12,15-16H2,1-7H3,(H,32,34)/t18-,20+,24-,29+/m1/s1. The summed E-state index contributed by atoms with van der Waals surface area (Å²) in [6.45, 7) is 12.8. The van der Waals surface area contributed by atoms with Gasteiger partial charge in [-0.15, -0.1) is 0 Å². The molecular weight excluding hydrogens is 527 g/mol. The first kappa shape index (κ1) is 30.5. The molecule has 38 heavy (non-hydrogen) atoms. The van der Waals surface area contributed by atoms with Crippen LogP contribution in [0.3, 0.4) is 0 Å². The molecule has 1 saturated heterocycles. The highest BCUT2D eigenvalue weighted by molar-refractivity contribution is 6.35. The number of piperidine rings is 1. The summed E-state index contributed by atoms with van der Waals surface area (Å²) >= 11 is 12.6. The second kappa shape index (κ2) is 12.0. The van der Waals surface area contributed by atoms with Gasteiger partial charge in [-0.3, -0.25) is 14.4 Å². The number of fused-ring (bicyclic) bond motifs is 1. The molecule has 1 aromatic rings. The molecule has 2 amide bonds. The summed E-state index contributed by atoms with van der Waals surface area (Å²) in [7, 11) is 1.34. The Balaban J connectivity index is 2.09. The second-order valence-corrected chi connectivity index (χ2v) is 12.7. The van der Waals surface area contributed by atoms with Crippen molar-refractivity contribution in [1.29, 1.82) is 0 Å². The zero-order valence-corrected chi connectivity index (χ0v) is 24.9. The topological polar surface area (TPSA) is 84.9 Å². The molecule has 4 atom stereocenters. The van der Waals surface area contributed by atoms with E-state index in [2.05, 4.69) is 19.2 Å². The van der Waals surface area contributed by atoms with Crippen LogP contribution in [0.5, 0.6) is 0 Å². The van der Waals surface area contributed by atoms with Gasteiger partial charge in [0.15, 0.2) is 0 Å². The first-order valence-electron chi connectivity index (χ1n) is 13.2. The number of likely N-dealkylation sites (tertiary alicyclic amines) is 1. The van der Waals surface area contributed by atoms with E-state index >= 15 is 0 Å². The molecule has 0 saturated carbocycles. The number of nitrogens with one attached hydrogen (secondary N) is 1. The van der Waals surface area contributed by atoms with Crippen molar-refractivity contribution in [1.82, 2.24) is 10.2 Å². The van der Waals surface area contributed by atoms with Gasteiger partial charge in [0.1, 0.15) is 5.41 Å². The van der Waals surface area contributed by atoms with Crippen molar-refractivity contribution in [2.24, 2.45) is 22.7 Å². The Bertz CT molecular complexity index is 1100. The third-order valence-electron chi connectivity index (χ3n) is 7.51. The summed E-state index contributed by atoms with van der Waals surface area (Å²) in [5, 5.41) is 3.81. The van der Waals surface area contributed by atoms with Gasteiger partial charge in [0, 0.05) is 34.6 Å². The molecule has 0 radical (unpaired) electrons. The third-order valence-corrected chi connectivity index (χ3v) is 8.09. The summed E-state index contributed by atoms with van der Waals surface area (Å²) in [5.41, 5.74) is -0.330. The van der Waals surface area contributed by atoms with Gasteiger partial charge < -0.3 is 19.7 Å². The van der Waals surface area contributed by atoms with Crippen LogP contribution < -0.4 is 5.32 Å². The molecule has 0 aromatic heterocycles. The zero-order chi connectivity index (χ0) is 28.4. The van der Waals surface area contributed by atoms with Gasteiger partial charge in [-0.1, -0.05) is 63.9 Å². The van der Waals surface area contributed by atoms with Crippen LogP contribution in [-0.2, 0) is 30.4 Å². The Morgan fingerprint density at radius 2 is 1.95 bits per heavy atom. The fraction of sp³-hybridized carbons (Fsp3) is 0.621. The van der Waals surface area contributed by atoms with Crippen LogP contribution in [0, 0.1) is 22.7 Å². The number of carbonyl (C=O) groups excluding carboxylic acids is 3. The van der Waals surface area contributed by atoms with Crippen LogP contribution in [0.1, 0.15) is 66.4 Å². The normalized spacial score (nSPS) is 25.6. The van der Waals surface area contributed by atoms with Gasteiger partial charge >= 0.3 is 5.97 Å². The number of ether oxygens (including phenoxy) is 2. The minimum Gasteiger partial charge on any atom is -0.468 e. The minimum atomic E-state index is -1.26. The molecule has 1 aromatic carbocycles. The Morgan fingerprint density at radius 1 is 1.26 bits per heavy atom. The van der Waals surface area contributed by atoms with Crippen LogP contribution in [-0.4, -0.2) is 48.5 Å².